The smallest absolute Gasteiger partial charge is 0.330 e. The number of carbonyl (C=O) groups excluding carboxylic acids is 3. The number of hydrogen-bond acceptors (Lipinski definition) is 4. The predicted octanol–water partition coefficient (Wildman–Crippen LogP) is 3.34. The lowest BCUT2D eigenvalue weighted by molar-refractivity contribution is -0.168. The Kier molecular flexibility index (Phi) is 4.36. The van der Waals surface area contributed by atoms with Crippen LogP contribution in [0.1, 0.15) is 38.3 Å². The van der Waals surface area contributed by atoms with Crippen LogP contribution in [0.4, 0.5) is 0 Å². The lowest BCUT2D eigenvalue weighted by Gasteiger charge is -2.12. The first kappa shape index (κ1) is 16.2. The molecule has 0 saturated carbocycles. The Labute approximate surface area is 143 Å². The van der Waals surface area contributed by atoms with Crippen LogP contribution < -0.4 is 0 Å². The molecule has 24 heavy (non-hydrogen) atoms. The van der Waals surface area contributed by atoms with Crippen LogP contribution in [0.5, 0.6) is 0 Å². The molecule has 122 valence electrons. The van der Waals surface area contributed by atoms with Crippen LogP contribution in [-0.4, -0.2) is 22.8 Å². The molecule has 1 aliphatic heterocycles. The number of hydrogen-bond donors (Lipinski definition) is 0. The molecule has 0 N–H and O–H groups in total. The van der Waals surface area contributed by atoms with Gasteiger partial charge in [-0.3, -0.25) is 9.59 Å². The van der Waals surface area contributed by atoms with E-state index in [9.17, 15) is 14.4 Å². The summed E-state index contributed by atoms with van der Waals surface area (Å²) in [4.78, 5) is 41.1. The molecular weight excluding hydrogens is 330 g/mol. The molecule has 2 aromatic carbocycles. The van der Waals surface area contributed by atoms with Crippen molar-refractivity contribution in [1.82, 2.24) is 5.06 Å². The fourth-order valence-corrected chi connectivity index (χ4v) is 2.64. The molecule has 0 spiro atoms. The van der Waals surface area contributed by atoms with Crippen molar-refractivity contribution in [2.45, 2.75) is 19.8 Å². The molecule has 0 aromatic heterocycles. The highest BCUT2D eigenvalue weighted by Gasteiger charge is 2.38. The first-order chi connectivity index (χ1) is 11.5. The van der Waals surface area contributed by atoms with Crippen LogP contribution in [0.2, 0.25) is 5.02 Å². The van der Waals surface area contributed by atoms with Gasteiger partial charge in [0.1, 0.15) is 0 Å². The SMILES string of the molecule is Cc1ccc(CCC(=O)ON2C(=O)c3ccccc3C2=O)cc1Cl. The van der Waals surface area contributed by atoms with Gasteiger partial charge in [0, 0.05) is 5.02 Å². The number of aryl methyl sites for hydroxylation is 2. The van der Waals surface area contributed by atoms with E-state index >= 15 is 0 Å². The number of carbonyl (C=O) groups is 3. The van der Waals surface area contributed by atoms with Crippen molar-refractivity contribution in [2.24, 2.45) is 0 Å². The van der Waals surface area contributed by atoms with Crippen molar-refractivity contribution in [3.63, 3.8) is 0 Å². The number of amides is 2. The Hall–Kier alpha value is -2.66. The van der Waals surface area contributed by atoms with Crippen molar-refractivity contribution in [2.75, 3.05) is 0 Å². The molecule has 1 heterocycles. The molecule has 6 heteroatoms. The molecule has 0 fully saturated rings. The van der Waals surface area contributed by atoms with Crippen molar-refractivity contribution >= 4 is 29.4 Å². The van der Waals surface area contributed by atoms with Gasteiger partial charge in [-0.25, -0.2) is 4.79 Å². The average molecular weight is 344 g/mol. The third-order valence-electron chi connectivity index (χ3n) is 3.80. The molecule has 0 aliphatic carbocycles. The van der Waals surface area contributed by atoms with Crippen LogP contribution in [-0.2, 0) is 16.1 Å². The minimum Gasteiger partial charge on any atom is -0.330 e. The number of imide groups is 1. The largest absolute Gasteiger partial charge is 0.333 e. The van der Waals surface area contributed by atoms with Crippen LogP contribution in [0.15, 0.2) is 42.5 Å². The summed E-state index contributed by atoms with van der Waals surface area (Å²) in [5.41, 5.74) is 2.31. The third kappa shape index (κ3) is 3.03. The minimum atomic E-state index is -0.652. The summed E-state index contributed by atoms with van der Waals surface area (Å²) in [5, 5.41) is 1.15. The van der Waals surface area contributed by atoms with E-state index in [2.05, 4.69) is 0 Å². The van der Waals surface area contributed by atoms with Crippen LogP contribution >= 0.6 is 11.6 Å². The zero-order valence-corrected chi connectivity index (χ0v) is 13.7. The van der Waals surface area contributed by atoms with Gasteiger partial charge in [-0.1, -0.05) is 40.9 Å². The second kappa shape index (κ2) is 6.45. The van der Waals surface area contributed by atoms with E-state index in [0.717, 1.165) is 11.1 Å². The summed E-state index contributed by atoms with van der Waals surface area (Å²) in [7, 11) is 0. The molecule has 5 nitrogen and oxygen atoms in total. The normalized spacial score (nSPS) is 13.2. The summed E-state index contributed by atoms with van der Waals surface area (Å²) in [6.45, 7) is 1.89. The Balaban J connectivity index is 1.63. The van der Waals surface area contributed by atoms with Gasteiger partial charge in [0.25, 0.3) is 11.8 Å². The lowest BCUT2D eigenvalue weighted by atomic mass is 10.1. The second-order valence-corrected chi connectivity index (χ2v) is 5.90. The van der Waals surface area contributed by atoms with E-state index in [1.54, 1.807) is 18.2 Å². The van der Waals surface area contributed by atoms with Crippen LogP contribution in [0, 0.1) is 6.92 Å². The van der Waals surface area contributed by atoms with E-state index < -0.39 is 17.8 Å². The highest BCUT2D eigenvalue weighted by Crippen LogP contribution is 2.23. The molecule has 3 rings (SSSR count). The Morgan fingerprint density at radius 3 is 2.29 bits per heavy atom. The summed E-state index contributed by atoms with van der Waals surface area (Å²) in [6, 6.07) is 11.9. The Morgan fingerprint density at radius 1 is 1.08 bits per heavy atom. The summed E-state index contributed by atoms with van der Waals surface area (Å²) in [6.07, 6.45) is 0.439. The van der Waals surface area contributed by atoms with Crippen molar-refractivity contribution in [3.8, 4) is 0 Å². The van der Waals surface area contributed by atoms with Crippen molar-refractivity contribution in [3.05, 3.63) is 69.7 Å². The zero-order chi connectivity index (χ0) is 17.3. The summed E-state index contributed by atoms with van der Waals surface area (Å²) < 4.78 is 0. The molecule has 2 amide bonds. The van der Waals surface area contributed by atoms with Crippen molar-refractivity contribution < 1.29 is 19.2 Å². The minimum absolute atomic E-state index is 0.0345. The maximum absolute atomic E-state index is 12.1. The monoisotopic (exact) mass is 343 g/mol. The molecule has 2 aromatic rings. The number of benzene rings is 2. The van der Waals surface area contributed by atoms with Gasteiger partial charge < -0.3 is 4.84 Å². The van der Waals surface area contributed by atoms with E-state index in [4.69, 9.17) is 16.4 Å². The van der Waals surface area contributed by atoms with Crippen LogP contribution in [0.25, 0.3) is 0 Å². The zero-order valence-electron chi connectivity index (χ0n) is 12.9. The van der Waals surface area contributed by atoms with Crippen LogP contribution in [0.3, 0.4) is 0 Å². The van der Waals surface area contributed by atoms with E-state index in [-0.39, 0.29) is 17.5 Å². The summed E-state index contributed by atoms with van der Waals surface area (Å²) in [5.74, 6) is -1.90. The topological polar surface area (TPSA) is 63.7 Å². The summed E-state index contributed by atoms with van der Waals surface area (Å²) >= 11 is 6.04. The first-order valence-electron chi connectivity index (χ1n) is 7.41. The fraction of sp³-hybridized carbons (Fsp3) is 0.167. The van der Waals surface area contributed by atoms with Gasteiger partial charge in [0.15, 0.2) is 0 Å². The number of fused-ring (bicyclic) bond motifs is 1. The number of halogens is 1. The Morgan fingerprint density at radius 2 is 1.71 bits per heavy atom. The number of rotatable bonds is 4. The molecule has 0 saturated heterocycles. The van der Waals surface area contributed by atoms with E-state index in [0.29, 0.717) is 16.5 Å². The van der Waals surface area contributed by atoms with Gasteiger partial charge >= 0.3 is 5.97 Å². The number of nitrogens with zero attached hydrogens (tertiary/aromatic N) is 1. The average Bonchev–Trinajstić information content (AvgIpc) is 2.81. The predicted molar refractivity (Wildman–Crippen MR) is 87.5 cm³/mol. The molecular formula is C18H14ClNO4. The number of hydroxylamine groups is 2. The molecule has 0 atom stereocenters. The van der Waals surface area contributed by atoms with E-state index in [1.807, 2.05) is 19.1 Å². The molecule has 1 aliphatic rings. The molecule has 0 radical (unpaired) electrons. The van der Waals surface area contributed by atoms with Gasteiger partial charge in [0.05, 0.1) is 17.5 Å². The highest BCUT2D eigenvalue weighted by atomic mass is 35.5. The van der Waals surface area contributed by atoms with Gasteiger partial charge in [-0.05, 0) is 42.7 Å². The second-order valence-electron chi connectivity index (χ2n) is 5.50. The standard InChI is InChI=1S/C18H14ClNO4/c1-11-6-7-12(10-15(11)19)8-9-16(21)24-20-17(22)13-4-2-3-5-14(13)18(20)23/h2-7,10H,8-9H2,1H3. The molecule has 0 bridgehead atoms. The lowest BCUT2D eigenvalue weighted by Crippen LogP contribution is -2.32. The first-order valence-corrected chi connectivity index (χ1v) is 7.79. The Bertz CT molecular complexity index is 812. The van der Waals surface area contributed by atoms with Gasteiger partial charge in [-0.15, -0.1) is 0 Å². The van der Waals surface area contributed by atoms with E-state index in [1.165, 1.54) is 12.1 Å². The maximum atomic E-state index is 12.1. The quantitative estimate of drug-likeness (QED) is 0.799. The molecule has 0 unspecified atom stereocenters. The van der Waals surface area contributed by atoms with Gasteiger partial charge in [0.2, 0.25) is 0 Å². The maximum Gasteiger partial charge on any atom is 0.333 e. The van der Waals surface area contributed by atoms with Crippen molar-refractivity contribution in [1.29, 1.82) is 0 Å². The highest BCUT2D eigenvalue weighted by molar-refractivity contribution is 6.31. The third-order valence-corrected chi connectivity index (χ3v) is 4.21. The fourth-order valence-electron chi connectivity index (χ4n) is 2.44. The van der Waals surface area contributed by atoms with Gasteiger partial charge in [-0.2, -0.15) is 0 Å².